The van der Waals surface area contributed by atoms with E-state index in [0.717, 1.165) is 18.7 Å². The molecule has 0 spiro atoms. The molecule has 1 aromatic heterocycles. The van der Waals surface area contributed by atoms with Crippen molar-refractivity contribution in [1.82, 2.24) is 10.1 Å². The van der Waals surface area contributed by atoms with E-state index in [4.69, 9.17) is 10.3 Å². The van der Waals surface area contributed by atoms with Crippen LogP contribution in [0.3, 0.4) is 0 Å². The number of rotatable bonds is 5. The molecule has 4 heteroatoms. The first kappa shape index (κ1) is 11.2. The molecule has 1 rings (SSSR count). The summed E-state index contributed by atoms with van der Waals surface area (Å²) in [5, 5.41) is 3.96. The summed E-state index contributed by atoms with van der Waals surface area (Å²) in [6.45, 7) is 6.93. The zero-order chi connectivity index (χ0) is 10.6. The first-order valence-electron chi connectivity index (χ1n) is 5.22. The number of nitrogens with two attached hydrogens (primary N) is 1. The Balaban J connectivity index is 2.67. The Hall–Kier alpha value is -0.900. The van der Waals surface area contributed by atoms with Crippen LogP contribution in [0.1, 0.15) is 57.2 Å². The van der Waals surface area contributed by atoms with E-state index in [9.17, 15) is 0 Å². The van der Waals surface area contributed by atoms with Gasteiger partial charge in [-0.25, -0.2) is 0 Å². The quantitative estimate of drug-likeness (QED) is 0.784. The Morgan fingerprint density at radius 3 is 2.64 bits per heavy atom. The molecule has 0 aliphatic rings. The molecular weight excluding hydrogens is 178 g/mol. The molecule has 0 fully saturated rings. The molecule has 0 radical (unpaired) electrons. The van der Waals surface area contributed by atoms with Crippen molar-refractivity contribution in [2.45, 2.75) is 45.4 Å². The molecule has 0 saturated heterocycles. The molecule has 0 amide bonds. The smallest absolute Gasteiger partial charge is 0.229 e. The molecule has 0 bridgehead atoms. The van der Waals surface area contributed by atoms with E-state index in [2.05, 4.69) is 30.9 Å². The van der Waals surface area contributed by atoms with Gasteiger partial charge < -0.3 is 10.3 Å². The fourth-order valence-electron chi connectivity index (χ4n) is 1.20. The van der Waals surface area contributed by atoms with Crippen molar-refractivity contribution < 1.29 is 4.52 Å². The summed E-state index contributed by atoms with van der Waals surface area (Å²) in [5.74, 6) is 2.17. The molecule has 80 valence electrons. The Labute approximate surface area is 84.9 Å². The molecule has 0 aliphatic heterocycles. The SMILES string of the molecule is CCC(C)c1noc(C(C)CCN)n1. The van der Waals surface area contributed by atoms with Crippen LogP contribution in [0.15, 0.2) is 4.52 Å². The Morgan fingerprint density at radius 1 is 1.36 bits per heavy atom. The van der Waals surface area contributed by atoms with Crippen molar-refractivity contribution in [2.75, 3.05) is 6.54 Å². The van der Waals surface area contributed by atoms with E-state index < -0.39 is 0 Å². The maximum atomic E-state index is 5.47. The number of hydrogen-bond acceptors (Lipinski definition) is 4. The summed E-state index contributed by atoms with van der Waals surface area (Å²) in [6.07, 6.45) is 1.92. The highest BCUT2D eigenvalue weighted by atomic mass is 16.5. The first-order valence-corrected chi connectivity index (χ1v) is 5.22. The summed E-state index contributed by atoms with van der Waals surface area (Å²) >= 11 is 0. The molecule has 0 aromatic carbocycles. The van der Waals surface area contributed by atoms with E-state index in [1.54, 1.807) is 0 Å². The lowest BCUT2D eigenvalue weighted by Gasteiger charge is -2.02. The van der Waals surface area contributed by atoms with E-state index >= 15 is 0 Å². The van der Waals surface area contributed by atoms with Crippen LogP contribution in [0.4, 0.5) is 0 Å². The molecule has 2 N–H and O–H groups in total. The third kappa shape index (κ3) is 2.54. The zero-order valence-corrected chi connectivity index (χ0v) is 9.16. The van der Waals surface area contributed by atoms with Gasteiger partial charge >= 0.3 is 0 Å². The standard InChI is InChI=1S/C10H19N3O/c1-4-7(2)9-12-10(14-13-9)8(3)5-6-11/h7-8H,4-6,11H2,1-3H3. The highest BCUT2D eigenvalue weighted by Gasteiger charge is 2.16. The fraction of sp³-hybridized carbons (Fsp3) is 0.800. The summed E-state index contributed by atoms with van der Waals surface area (Å²) < 4.78 is 5.19. The van der Waals surface area contributed by atoms with Crippen LogP contribution in [0.5, 0.6) is 0 Å². The predicted molar refractivity (Wildman–Crippen MR) is 55.1 cm³/mol. The molecular formula is C10H19N3O. The Kier molecular flexibility index (Phi) is 4.07. The van der Waals surface area contributed by atoms with Crippen molar-refractivity contribution in [3.8, 4) is 0 Å². The predicted octanol–water partition coefficient (Wildman–Crippen LogP) is 2.04. The topological polar surface area (TPSA) is 64.9 Å². The summed E-state index contributed by atoms with van der Waals surface area (Å²) in [5.41, 5.74) is 5.47. The molecule has 14 heavy (non-hydrogen) atoms. The summed E-state index contributed by atoms with van der Waals surface area (Å²) in [6, 6.07) is 0. The van der Waals surface area contributed by atoms with Crippen LogP contribution >= 0.6 is 0 Å². The lowest BCUT2D eigenvalue weighted by Crippen LogP contribution is -2.05. The van der Waals surface area contributed by atoms with E-state index in [1.165, 1.54) is 0 Å². The average molecular weight is 197 g/mol. The van der Waals surface area contributed by atoms with Gasteiger partial charge in [0.2, 0.25) is 5.89 Å². The van der Waals surface area contributed by atoms with Crippen LogP contribution in [-0.4, -0.2) is 16.7 Å². The minimum absolute atomic E-state index is 0.269. The van der Waals surface area contributed by atoms with Crippen molar-refractivity contribution in [2.24, 2.45) is 5.73 Å². The lowest BCUT2D eigenvalue weighted by molar-refractivity contribution is 0.348. The van der Waals surface area contributed by atoms with Gasteiger partial charge in [-0.15, -0.1) is 0 Å². The lowest BCUT2D eigenvalue weighted by atomic mass is 10.1. The second-order valence-corrected chi connectivity index (χ2v) is 3.78. The van der Waals surface area contributed by atoms with Crippen LogP contribution in [-0.2, 0) is 0 Å². The molecule has 0 saturated carbocycles. The van der Waals surface area contributed by atoms with Crippen LogP contribution in [0.2, 0.25) is 0 Å². The minimum Gasteiger partial charge on any atom is -0.339 e. The van der Waals surface area contributed by atoms with Crippen LogP contribution < -0.4 is 5.73 Å². The molecule has 0 aliphatic carbocycles. The van der Waals surface area contributed by atoms with Gasteiger partial charge in [0.1, 0.15) is 0 Å². The second-order valence-electron chi connectivity index (χ2n) is 3.78. The first-order chi connectivity index (χ1) is 6.69. The normalized spacial score (nSPS) is 15.4. The molecule has 1 heterocycles. The van der Waals surface area contributed by atoms with E-state index in [0.29, 0.717) is 18.4 Å². The van der Waals surface area contributed by atoms with Gasteiger partial charge in [-0.2, -0.15) is 4.98 Å². The number of hydrogen-bond donors (Lipinski definition) is 1. The average Bonchev–Trinajstić information content (AvgIpc) is 2.66. The van der Waals surface area contributed by atoms with Crippen molar-refractivity contribution >= 4 is 0 Å². The third-order valence-electron chi connectivity index (χ3n) is 2.53. The third-order valence-corrected chi connectivity index (χ3v) is 2.53. The second kappa shape index (κ2) is 5.10. The highest BCUT2D eigenvalue weighted by molar-refractivity contribution is 4.96. The maximum absolute atomic E-state index is 5.47. The van der Waals surface area contributed by atoms with Gasteiger partial charge in [0.15, 0.2) is 5.82 Å². The zero-order valence-electron chi connectivity index (χ0n) is 9.16. The van der Waals surface area contributed by atoms with E-state index in [-0.39, 0.29) is 5.92 Å². The Bertz CT molecular complexity index is 272. The molecule has 1 aromatic rings. The Morgan fingerprint density at radius 2 is 2.07 bits per heavy atom. The van der Waals surface area contributed by atoms with Crippen LogP contribution in [0, 0.1) is 0 Å². The van der Waals surface area contributed by atoms with Crippen molar-refractivity contribution in [1.29, 1.82) is 0 Å². The maximum Gasteiger partial charge on any atom is 0.229 e. The summed E-state index contributed by atoms with van der Waals surface area (Å²) in [4.78, 5) is 4.37. The van der Waals surface area contributed by atoms with Gasteiger partial charge in [-0.05, 0) is 19.4 Å². The molecule has 2 unspecified atom stereocenters. The number of nitrogens with zero attached hydrogens (tertiary/aromatic N) is 2. The minimum atomic E-state index is 0.269. The molecule has 2 atom stereocenters. The van der Waals surface area contributed by atoms with Gasteiger partial charge in [-0.3, -0.25) is 0 Å². The van der Waals surface area contributed by atoms with E-state index in [1.807, 2.05) is 0 Å². The highest BCUT2D eigenvalue weighted by Crippen LogP contribution is 2.20. The van der Waals surface area contributed by atoms with Gasteiger partial charge in [0.25, 0.3) is 0 Å². The van der Waals surface area contributed by atoms with Crippen LogP contribution in [0.25, 0.3) is 0 Å². The monoisotopic (exact) mass is 197 g/mol. The van der Waals surface area contributed by atoms with Crippen molar-refractivity contribution in [3.63, 3.8) is 0 Å². The molecule has 4 nitrogen and oxygen atoms in total. The number of aromatic nitrogens is 2. The fourth-order valence-corrected chi connectivity index (χ4v) is 1.20. The van der Waals surface area contributed by atoms with Gasteiger partial charge in [-0.1, -0.05) is 25.9 Å². The van der Waals surface area contributed by atoms with Gasteiger partial charge in [0.05, 0.1) is 0 Å². The largest absolute Gasteiger partial charge is 0.339 e. The van der Waals surface area contributed by atoms with Crippen molar-refractivity contribution in [3.05, 3.63) is 11.7 Å². The van der Waals surface area contributed by atoms with Gasteiger partial charge in [0, 0.05) is 11.8 Å². The summed E-state index contributed by atoms with van der Waals surface area (Å²) in [7, 11) is 0.